The maximum Gasteiger partial charge on any atom is 0.0697 e. The Kier molecular flexibility index (Phi) is 2.33. The van der Waals surface area contributed by atoms with Crippen molar-refractivity contribution < 1.29 is 0 Å². The molecule has 81 valence electrons. The molecule has 2 heterocycles. The molecule has 0 amide bonds. The van der Waals surface area contributed by atoms with Gasteiger partial charge in [-0.25, -0.2) is 4.68 Å². The van der Waals surface area contributed by atoms with Crippen LogP contribution in [0.1, 0.15) is 6.42 Å². The van der Waals surface area contributed by atoms with Crippen LogP contribution in [0.15, 0.2) is 36.7 Å². The van der Waals surface area contributed by atoms with Crippen LogP contribution in [0.2, 0.25) is 0 Å². The van der Waals surface area contributed by atoms with Crippen LogP contribution in [0.4, 0.5) is 5.69 Å². The first kappa shape index (κ1) is 9.39. The predicted molar refractivity (Wildman–Crippen MR) is 62.5 cm³/mol. The van der Waals surface area contributed by atoms with Crippen LogP contribution in [0.3, 0.4) is 0 Å². The number of benzene rings is 1. The van der Waals surface area contributed by atoms with Crippen LogP contribution in [-0.2, 0) is 0 Å². The molecule has 2 aromatic rings. The lowest BCUT2D eigenvalue weighted by molar-refractivity contribution is 0.802. The van der Waals surface area contributed by atoms with Crippen molar-refractivity contribution in [2.45, 2.75) is 6.42 Å². The fraction of sp³-hybridized carbons (Fsp3) is 0.250. The number of aromatic nitrogens is 3. The lowest BCUT2D eigenvalue weighted by Gasteiger charge is -2.18. The summed E-state index contributed by atoms with van der Waals surface area (Å²) in [6, 6.07) is 8.38. The number of anilines is 1. The summed E-state index contributed by atoms with van der Waals surface area (Å²) in [5.41, 5.74) is 2.31. The molecule has 1 saturated heterocycles. The Labute approximate surface area is 94.5 Å². The van der Waals surface area contributed by atoms with Crippen molar-refractivity contribution in [2.75, 3.05) is 18.0 Å². The van der Waals surface area contributed by atoms with Gasteiger partial charge >= 0.3 is 0 Å². The SMILES string of the molecule is [CH]1CCN(c2cccc(-n3ccnn3)c2)C1. The Hall–Kier alpha value is -1.84. The second-order valence-corrected chi connectivity index (χ2v) is 3.89. The molecule has 0 aliphatic carbocycles. The Morgan fingerprint density at radius 3 is 2.88 bits per heavy atom. The van der Waals surface area contributed by atoms with Crippen molar-refractivity contribution in [2.24, 2.45) is 0 Å². The minimum atomic E-state index is 1.04. The van der Waals surface area contributed by atoms with E-state index in [0.717, 1.165) is 18.8 Å². The van der Waals surface area contributed by atoms with Crippen molar-refractivity contribution in [1.82, 2.24) is 15.0 Å². The highest BCUT2D eigenvalue weighted by Gasteiger charge is 2.12. The molecule has 1 aliphatic heterocycles. The van der Waals surface area contributed by atoms with Crippen molar-refractivity contribution in [3.63, 3.8) is 0 Å². The molecule has 0 unspecified atom stereocenters. The van der Waals surface area contributed by atoms with E-state index in [1.807, 2.05) is 12.3 Å². The first-order valence-corrected chi connectivity index (χ1v) is 5.47. The molecule has 0 atom stereocenters. The topological polar surface area (TPSA) is 34.0 Å². The van der Waals surface area contributed by atoms with Gasteiger partial charge in [0.05, 0.1) is 18.1 Å². The third kappa shape index (κ3) is 1.66. The Balaban J connectivity index is 1.93. The molecule has 4 nitrogen and oxygen atoms in total. The molecule has 4 heteroatoms. The number of hydrogen-bond donors (Lipinski definition) is 0. The fourth-order valence-corrected chi connectivity index (χ4v) is 2.00. The fourth-order valence-electron chi connectivity index (χ4n) is 2.00. The zero-order chi connectivity index (χ0) is 10.8. The van der Waals surface area contributed by atoms with Gasteiger partial charge in [0.15, 0.2) is 0 Å². The quantitative estimate of drug-likeness (QED) is 0.761. The standard InChI is InChI=1S/C12H13N4/c1-2-8-15(7-1)11-4-3-5-12(10-11)16-9-6-13-14-16/h1,3-6,9-10H,2,7-8H2. The van der Waals surface area contributed by atoms with Crippen molar-refractivity contribution >= 4 is 5.69 Å². The molecule has 0 bridgehead atoms. The van der Waals surface area contributed by atoms with Crippen molar-refractivity contribution in [3.05, 3.63) is 43.1 Å². The van der Waals surface area contributed by atoms with E-state index >= 15 is 0 Å². The molecule has 1 aromatic carbocycles. The lowest BCUT2D eigenvalue weighted by atomic mass is 10.2. The van der Waals surface area contributed by atoms with Crippen molar-refractivity contribution in [3.8, 4) is 5.69 Å². The normalized spacial score (nSPS) is 15.6. The van der Waals surface area contributed by atoms with Crippen LogP contribution in [0, 0.1) is 6.42 Å². The van der Waals surface area contributed by atoms with Crippen LogP contribution in [0.25, 0.3) is 5.69 Å². The van der Waals surface area contributed by atoms with Gasteiger partial charge in [-0.1, -0.05) is 11.3 Å². The molecule has 0 N–H and O–H groups in total. The summed E-state index contributed by atoms with van der Waals surface area (Å²) in [6.07, 6.45) is 7.03. The Morgan fingerprint density at radius 1 is 1.19 bits per heavy atom. The van der Waals surface area contributed by atoms with Gasteiger partial charge in [0.25, 0.3) is 0 Å². The highest BCUT2D eigenvalue weighted by atomic mass is 15.4. The summed E-state index contributed by atoms with van der Waals surface area (Å²) in [5, 5.41) is 7.81. The monoisotopic (exact) mass is 213 g/mol. The number of nitrogens with zero attached hydrogens (tertiary/aromatic N) is 4. The van der Waals surface area contributed by atoms with E-state index in [4.69, 9.17) is 0 Å². The number of hydrogen-bond acceptors (Lipinski definition) is 3. The van der Waals surface area contributed by atoms with Crippen LogP contribution < -0.4 is 4.90 Å². The summed E-state index contributed by atoms with van der Waals surface area (Å²) >= 11 is 0. The molecule has 0 spiro atoms. The summed E-state index contributed by atoms with van der Waals surface area (Å²) < 4.78 is 1.78. The van der Waals surface area contributed by atoms with Crippen LogP contribution in [-0.4, -0.2) is 28.1 Å². The summed E-state index contributed by atoms with van der Waals surface area (Å²) in [5.74, 6) is 0. The van der Waals surface area contributed by atoms with Gasteiger partial charge in [-0.05, 0) is 31.0 Å². The maximum atomic E-state index is 3.99. The second kappa shape index (κ2) is 3.96. The first-order chi connectivity index (χ1) is 7.93. The average Bonchev–Trinajstić information content (AvgIpc) is 3.03. The zero-order valence-corrected chi connectivity index (χ0v) is 8.95. The maximum absolute atomic E-state index is 3.99. The van der Waals surface area contributed by atoms with Gasteiger partial charge in [-0.2, -0.15) is 0 Å². The largest absolute Gasteiger partial charge is 0.371 e. The van der Waals surface area contributed by atoms with E-state index in [9.17, 15) is 0 Å². The van der Waals surface area contributed by atoms with E-state index in [1.54, 1.807) is 10.9 Å². The summed E-state index contributed by atoms with van der Waals surface area (Å²) in [6.45, 7) is 2.15. The molecular formula is C12H13N4. The molecule has 1 aliphatic rings. The van der Waals surface area contributed by atoms with Crippen molar-refractivity contribution in [1.29, 1.82) is 0 Å². The van der Waals surface area contributed by atoms with Gasteiger partial charge in [0, 0.05) is 18.8 Å². The van der Waals surface area contributed by atoms with E-state index < -0.39 is 0 Å². The predicted octanol–water partition coefficient (Wildman–Crippen LogP) is 1.68. The molecule has 1 radical (unpaired) electrons. The summed E-state index contributed by atoms with van der Waals surface area (Å²) in [7, 11) is 0. The minimum absolute atomic E-state index is 1.04. The highest BCUT2D eigenvalue weighted by molar-refractivity contribution is 5.54. The second-order valence-electron chi connectivity index (χ2n) is 3.89. The summed E-state index contributed by atoms with van der Waals surface area (Å²) in [4.78, 5) is 2.36. The van der Waals surface area contributed by atoms with Crippen LogP contribution >= 0.6 is 0 Å². The Morgan fingerprint density at radius 2 is 2.12 bits per heavy atom. The third-order valence-electron chi connectivity index (χ3n) is 2.83. The minimum Gasteiger partial charge on any atom is -0.371 e. The van der Waals surface area contributed by atoms with Gasteiger partial charge in [0.1, 0.15) is 0 Å². The van der Waals surface area contributed by atoms with E-state index in [1.165, 1.54) is 12.1 Å². The third-order valence-corrected chi connectivity index (χ3v) is 2.83. The highest BCUT2D eigenvalue weighted by Crippen LogP contribution is 2.21. The van der Waals surface area contributed by atoms with E-state index in [0.29, 0.717) is 0 Å². The Bertz CT molecular complexity index is 458. The van der Waals surface area contributed by atoms with Gasteiger partial charge in [-0.15, -0.1) is 5.10 Å². The molecule has 16 heavy (non-hydrogen) atoms. The molecular weight excluding hydrogens is 200 g/mol. The van der Waals surface area contributed by atoms with E-state index in [2.05, 4.69) is 39.8 Å². The van der Waals surface area contributed by atoms with Gasteiger partial charge < -0.3 is 4.90 Å². The van der Waals surface area contributed by atoms with E-state index in [-0.39, 0.29) is 0 Å². The molecule has 1 fully saturated rings. The smallest absolute Gasteiger partial charge is 0.0697 e. The molecule has 3 rings (SSSR count). The van der Waals surface area contributed by atoms with Gasteiger partial charge in [-0.3, -0.25) is 0 Å². The lowest BCUT2D eigenvalue weighted by Crippen LogP contribution is -2.17. The average molecular weight is 213 g/mol. The van der Waals surface area contributed by atoms with Crippen LogP contribution in [0.5, 0.6) is 0 Å². The first-order valence-electron chi connectivity index (χ1n) is 5.47. The number of rotatable bonds is 2. The van der Waals surface area contributed by atoms with Gasteiger partial charge in [0.2, 0.25) is 0 Å². The molecule has 1 aromatic heterocycles. The molecule has 0 saturated carbocycles. The zero-order valence-electron chi connectivity index (χ0n) is 8.95.